The van der Waals surface area contributed by atoms with Gasteiger partial charge in [0.1, 0.15) is 0 Å². The van der Waals surface area contributed by atoms with E-state index in [1.54, 1.807) is 0 Å². The van der Waals surface area contributed by atoms with Gasteiger partial charge in [-0.3, -0.25) is 4.79 Å². The summed E-state index contributed by atoms with van der Waals surface area (Å²) in [4.78, 5) is 18.1. The van der Waals surface area contributed by atoms with Crippen molar-refractivity contribution in [2.75, 3.05) is 5.32 Å². The first-order valence-electron chi connectivity index (χ1n) is 10.1. The van der Waals surface area contributed by atoms with Crippen LogP contribution >= 0.6 is 11.3 Å². The van der Waals surface area contributed by atoms with Gasteiger partial charge in [0.15, 0.2) is 5.13 Å². The molecule has 0 unspecified atom stereocenters. The van der Waals surface area contributed by atoms with Gasteiger partial charge >= 0.3 is 0 Å². The van der Waals surface area contributed by atoms with Crippen molar-refractivity contribution in [2.24, 2.45) is 22.2 Å². The van der Waals surface area contributed by atoms with Gasteiger partial charge in [-0.05, 0) is 62.2 Å². The van der Waals surface area contributed by atoms with Crippen molar-refractivity contribution in [2.45, 2.75) is 59.3 Å². The van der Waals surface area contributed by atoms with Crippen LogP contribution < -0.4 is 5.32 Å². The lowest BCUT2D eigenvalue weighted by atomic mass is 9.40. The number of aryl methyl sites for hydroxylation is 1. The van der Waals surface area contributed by atoms with Gasteiger partial charge in [0.25, 0.3) is 0 Å². The zero-order chi connectivity index (χ0) is 18.9. The SMILES string of the molecule is Cc1ccc(-c2csc(NC(=O)C34CC5C[C@](C)(C3)C[C@](C)(C5)C4)n2)cc1. The molecule has 0 aliphatic heterocycles. The molecule has 1 aromatic carbocycles. The molecule has 4 saturated carbocycles. The molecule has 0 saturated heterocycles. The van der Waals surface area contributed by atoms with Gasteiger partial charge in [0.2, 0.25) is 5.91 Å². The summed E-state index contributed by atoms with van der Waals surface area (Å²) < 4.78 is 0. The van der Waals surface area contributed by atoms with E-state index >= 15 is 0 Å². The van der Waals surface area contributed by atoms with Crippen molar-refractivity contribution in [3.63, 3.8) is 0 Å². The van der Waals surface area contributed by atoms with Crippen molar-refractivity contribution in [3.05, 3.63) is 35.2 Å². The number of carbonyl (C=O) groups is 1. The minimum atomic E-state index is -0.182. The van der Waals surface area contributed by atoms with Gasteiger partial charge < -0.3 is 5.32 Å². The molecule has 0 radical (unpaired) electrons. The Balaban J connectivity index is 1.37. The van der Waals surface area contributed by atoms with Gasteiger partial charge in [-0.15, -0.1) is 11.3 Å². The van der Waals surface area contributed by atoms with Crippen LogP contribution in [0.3, 0.4) is 0 Å². The Bertz CT molecular complexity index is 881. The van der Waals surface area contributed by atoms with E-state index in [9.17, 15) is 4.79 Å². The second kappa shape index (κ2) is 5.66. The number of hydrogen-bond acceptors (Lipinski definition) is 3. The molecule has 4 aliphatic rings. The lowest BCUT2D eigenvalue weighted by molar-refractivity contribution is -0.165. The second-order valence-electron chi connectivity index (χ2n) is 10.3. The lowest BCUT2D eigenvalue weighted by Gasteiger charge is -2.64. The Morgan fingerprint density at radius 1 is 1.07 bits per heavy atom. The summed E-state index contributed by atoms with van der Waals surface area (Å²) in [5.41, 5.74) is 3.81. The maximum atomic E-state index is 13.4. The van der Waals surface area contributed by atoms with Crippen LogP contribution in [0, 0.1) is 29.1 Å². The van der Waals surface area contributed by atoms with Gasteiger partial charge in [0, 0.05) is 10.9 Å². The number of benzene rings is 1. The largest absolute Gasteiger partial charge is 0.301 e. The van der Waals surface area contributed by atoms with E-state index in [4.69, 9.17) is 4.98 Å². The third-order valence-corrected chi connectivity index (χ3v) is 7.94. The fourth-order valence-electron chi connectivity index (χ4n) is 7.12. The van der Waals surface area contributed by atoms with Gasteiger partial charge in [-0.2, -0.15) is 0 Å². The maximum absolute atomic E-state index is 13.4. The summed E-state index contributed by atoms with van der Waals surface area (Å²) >= 11 is 1.54. The van der Waals surface area contributed by atoms with Crippen LogP contribution in [0.25, 0.3) is 11.3 Å². The quantitative estimate of drug-likeness (QED) is 0.704. The van der Waals surface area contributed by atoms with Crippen molar-refractivity contribution >= 4 is 22.4 Å². The van der Waals surface area contributed by atoms with Gasteiger partial charge in [-0.25, -0.2) is 4.98 Å². The number of nitrogens with zero attached hydrogens (tertiary/aromatic N) is 1. The first-order chi connectivity index (χ1) is 12.8. The number of aromatic nitrogens is 1. The molecule has 1 N–H and O–H groups in total. The monoisotopic (exact) mass is 380 g/mol. The Morgan fingerprint density at radius 2 is 1.74 bits per heavy atom. The number of thiazole rings is 1. The van der Waals surface area contributed by atoms with Gasteiger partial charge in [0.05, 0.1) is 11.1 Å². The fourth-order valence-corrected chi connectivity index (χ4v) is 7.83. The average molecular weight is 381 g/mol. The van der Waals surface area contributed by atoms with E-state index < -0.39 is 0 Å². The second-order valence-corrected chi connectivity index (χ2v) is 11.1. The smallest absolute Gasteiger partial charge is 0.232 e. The van der Waals surface area contributed by atoms with Crippen molar-refractivity contribution < 1.29 is 4.79 Å². The highest BCUT2D eigenvalue weighted by Gasteiger charge is 2.62. The predicted octanol–water partition coefficient (Wildman–Crippen LogP) is 6.05. The van der Waals surface area contributed by atoms with E-state index in [0.29, 0.717) is 10.8 Å². The molecule has 142 valence electrons. The van der Waals surface area contributed by atoms with Crippen LogP contribution in [0.2, 0.25) is 0 Å². The van der Waals surface area contributed by atoms with Crippen molar-refractivity contribution in [3.8, 4) is 11.3 Å². The summed E-state index contributed by atoms with van der Waals surface area (Å²) in [5, 5.41) is 5.99. The third-order valence-electron chi connectivity index (χ3n) is 7.18. The van der Waals surface area contributed by atoms with Crippen molar-refractivity contribution in [1.29, 1.82) is 0 Å². The predicted molar refractivity (Wildman–Crippen MR) is 111 cm³/mol. The molecular formula is C23H28N2OS. The average Bonchev–Trinajstić information content (AvgIpc) is 3.00. The Labute approximate surface area is 165 Å². The minimum Gasteiger partial charge on any atom is -0.301 e. The number of amides is 1. The minimum absolute atomic E-state index is 0.182. The highest BCUT2D eigenvalue weighted by molar-refractivity contribution is 7.14. The Hall–Kier alpha value is -1.68. The maximum Gasteiger partial charge on any atom is 0.232 e. The zero-order valence-electron chi connectivity index (χ0n) is 16.5. The molecule has 27 heavy (non-hydrogen) atoms. The molecule has 1 heterocycles. The lowest BCUT2D eigenvalue weighted by Crippen LogP contribution is -2.58. The molecule has 6 rings (SSSR count). The normalized spacial score (nSPS) is 36.8. The number of hydrogen-bond donors (Lipinski definition) is 1. The number of carbonyl (C=O) groups excluding carboxylic acids is 1. The van der Waals surface area contributed by atoms with Gasteiger partial charge in [-0.1, -0.05) is 43.7 Å². The highest BCUT2D eigenvalue weighted by Crippen LogP contribution is 2.69. The molecule has 3 nitrogen and oxygen atoms in total. The molecule has 1 aromatic heterocycles. The molecule has 4 bridgehead atoms. The highest BCUT2D eigenvalue weighted by atomic mass is 32.1. The van der Waals surface area contributed by atoms with Crippen LogP contribution in [0.4, 0.5) is 5.13 Å². The summed E-state index contributed by atoms with van der Waals surface area (Å²) in [5.74, 6) is 0.940. The summed E-state index contributed by atoms with van der Waals surface area (Å²) in [7, 11) is 0. The number of nitrogens with one attached hydrogen (secondary N) is 1. The molecule has 2 aromatic rings. The first-order valence-corrected chi connectivity index (χ1v) is 11.0. The van der Waals surface area contributed by atoms with Crippen LogP contribution in [0.1, 0.15) is 57.9 Å². The van der Waals surface area contributed by atoms with Crippen LogP contribution in [-0.4, -0.2) is 10.9 Å². The first kappa shape index (κ1) is 17.4. The Morgan fingerprint density at radius 3 is 2.37 bits per heavy atom. The standard InChI is InChI=1S/C23H28N2OS/c1-15-4-6-17(7-5-15)18-11-27-20(24-18)25-19(26)23-10-16-8-21(2,13-23)12-22(3,9-16)14-23/h4-7,11,16H,8-10,12-14H2,1-3H3,(H,24,25,26)/t16?,21-,22-,23?/m0/s1. The Kier molecular flexibility index (Phi) is 3.65. The van der Waals surface area contributed by atoms with E-state index in [0.717, 1.165) is 41.6 Å². The van der Waals surface area contributed by atoms with Crippen LogP contribution in [-0.2, 0) is 4.79 Å². The fraction of sp³-hybridized carbons (Fsp3) is 0.565. The zero-order valence-corrected chi connectivity index (χ0v) is 17.3. The molecule has 4 heteroatoms. The van der Waals surface area contributed by atoms with Crippen LogP contribution in [0.15, 0.2) is 29.6 Å². The van der Waals surface area contributed by atoms with E-state index in [2.05, 4.69) is 50.4 Å². The molecular weight excluding hydrogens is 352 g/mol. The van der Waals surface area contributed by atoms with E-state index in [1.807, 2.05) is 5.38 Å². The molecule has 1 amide bonds. The van der Waals surface area contributed by atoms with Crippen molar-refractivity contribution in [1.82, 2.24) is 4.98 Å². The molecule has 4 fully saturated rings. The summed E-state index contributed by atoms with van der Waals surface area (Å²) in [6, 6.07) is 8.39. The number of anilines is 1. The molecule has 2 atom stereocenters. The number of rotatable bonds is 3. The summed E-state index contributed by atoms with van der Waals surface area (Å²) in [6.45, 7) is 6.91. The molecule has 0 spiro atoms. The summed E-state index contributed by atoms with van der Waals surface area (Å²) in [6.07, 6.45) is 7.09. The van der Waals surface area contributed by atoms with E-state index in [-0.39, 0.29) is 11.3 Å². The third kappa shape index (κ3) is 2.93. The van der Waals surface area contributed by atoms with E-state index in [1.165, 1.54) is 36.2 Å². The van der Waals surface area contributed by atoms with Crippen LogP contribution in [0.5, 0.6) is 0 Å². The molecule has 4 aliphatic carbocycles. The topological polar surface area (TPSA) is 42.0 Å².